The van der Waals surface area contributed by atoms with Gasteiger partial charge in [0.1, 0.15) is 0 Å². The Morgan fingerprint density at radius 3 is 2.80 bits per heavy atom. The summed E-state index contributed by atoms with van der Waals surface area (Å²) in [7, 11) is 0. The van der Waals surface area contributed by atoms with Gasteiger partial charge in [0.25, 0.3) is 5.56 Å². The van der Waals surface area contributed by atoms with E-state index in [0.29, 0.717) is 6.61 Å². The highest BCUT2D eigenvalue weighted by Gasteiger charge is 2.21. The largest absolute Gasteiger partial charge is 0.356 e. The van der Waals surface area contributed by atoms with Crippen molar-refractivity contribution in [2.24, 2.45) is 0 Å². The highest BCUT2D eigenvalue weighted by atomic mass is 32.2. The van der Waals surface area contributed by atoms with Gasteiger partial charge in [-0.15, -0.1) is 0 Å². The molecule has 7 heteroatoms. The lowest BCUT2D eigenvalue weighted by Gasteiger charge is -2.11. The molecule has 0 bridgehead atoms. The van der Waals surface area contributed by atoms with Gasteiger partial charge < -0.3 is 4.74 Å². The van der Waals surface area contributed by atoms with E-state index in [1.807, 2.05) is 30.3 Å². The van der Waals surface area contributed by atoms with Crippen LogP contribution in [0.5, 0.6) is 0 Å². The van der Waals surface area contributed by atoms with E-state index in [1.54, 1.807) is 0 Å². The van der Waals surface area contributed by atoms with Gasteiger partial charge in [0, 0.05) is 11.5 Å². The van der Waals surface area contributed by atoms with Crippen LogP contribution in [0, 0.1) is 0 Å². The van der Waals surface area contributed by atoms with Crippen LogP contribution in [0.3, 0.4) is 0 Å². The van der Waals surface area contributed by atoms with E-state index in [9.17, 15) is 9.59 Å². The molecule has 1 atom stereocenters. The van der Waals surface area contributed by atoms with Crippen LogP contribution in [0.25, 0.3) is 0 Å². The van der Waals surface area contributed by atoms with Crippen molar-refractivity contribution >= 4 is 11.8 Å². The normalized spacial score (nSPS) is 18.3. The fourth-order valence-electron chi connectivity index (χ4n) is 2.01. The molecule has 6 nitrogen and oxygen atoms in total. The van der Waals surface area contributed by atoms with Gasteiger partial charge in [0.15, 0.2) is 11.3 Å². The molecule has 104 valence electrons. The molecule has 0 spiro atoms. The Bertz CT molecular complexity index is 705. The first-order chi connectivity index (χ1) is 9.74. The summed E-state index contributed by atoms with van der Waals surface area (Å²) >= 11 is 1.23. The van der Waals surface area contributed by atoms with Crippen LogP contribution in [-0.4, -0.2) is 21.4 Å². The van der Waals surface area contributed by atoms with E-state index < -0.39 is 11.2 Å². The maximum atomic E-state index is 11.8. The summed E-state index contributed by atoms with van der Waals surface area (Å²) in [4.78, 5) is 26.8. The predicted molar refractivity (Wildman–Crippen MR) is 73.9 cm³/mol. The molecule has 1 saturated heterocycles. The van der Waals surface area contributed by atoms with Crippen molar-refractivity contribution in [1.82, 2.24) is 14.8 Å². The zero-order valence-electron chi connectivity index (χ0n) is 10.6. The highest BCUT2D eigenvalue weighted by Crippen LogP contribution is 2.24. The minimum atomic E-state index is -0.528. The predicted octanol–water partition coefficient (Wildman–Crippen LogP) is 1.39. The molecule has 1 aliphatic heterocycles. The van der Waals surface area contributed by atoms with Gasteiger partial charge in [-0.05, 0) is 25.0 Å². The quantitative estimate of drug-likeness (QED) is 0.924. The molecule has 0 radical (unpaired) electrons. The molecule has 1 aromatic carbocycles. The van der Waals surface area contributed by atoms with Crippen LogP contribution in [-0.2, 0) is 4.74 Å². The van der Waals surface area contributed by atoms with Crippen molar-refractivity contribution in [3.05, 3.63) is 51.2 Å². The number of rotatable bonds is 3. The fraction of sp³-hybridized carbons (Fsp3) is 0.308. The first-order valence-electron chi connectivity index (χ1n) is 6.32. The summed E-state index contributed by atoms with van der Waals surface area (Å²) in [6.07, 6.45) is 1.24. The summed E-state index contributed by atoms with van der Waals surface area (Å²) in [6, 6.07) is 9.43. The van der Waals surface area contributed by atoms with Crippen LogP contribution < -0.4 is 11.2 Å². The first-order valence-corrected chi connectivity index (χ1v) is 7.13. The number of ether oxygens (including phenoxy) is 1. The second kappa shape index (κ2) is 5.64. The third-order valence-corrected chi connectivity index (χ3v) is 3.93. The van der Waals surface area contributed by atoms with E-state index in [-0.39, 0.29) is 11.3 Å². The third-order valence-electron chi connectivity index (χ3n) is 2.96. The SMILES string of the molecule is O=c1[nH]c(=O)n([C@H]2CCCO2)nc1Sc1ccccc1. The zero-order chi connectivity index (χ0) is 13.9. The number of aromatic nitrogens is 3. The van der Waals surface area contributed by atoms with E-state index in [2.05, 4.69) is 10.1 Å². The Hall–Kier alpha value is -1.86. The van der Waals surface area contributed by atoms with Gasteiger partial charge in [-0.1, -0.05) is 30.0 Å². The Morgan fingerprint density at radius 2 is 2.10 bits per heavy atom. The van der Waals surface area contributed by atoms with Crippen LogP contribution in [0.15, 0.2) is 49.8 Å². The monoisotopic (exact) mass is 291 g/mol. The summed E-state index contributed by atoms with van der Waals surface area (Å²) in [5.41, 5.74) is -1.00. The molecule has 2 aromatic rings. The van der Waals surface area contributed by atoms with E-state index in [1.165, 1.54) is 16.4 Å². The number of H-pyrrole nitrogens is 1. The van der Waals surface area contributed by atoms with Crippen LogP contribution in [0.1, 0.15) is 19.1 Å². The Balaban J connectivity index is 1.96. The second-order valence-corrected chi connectivity index (χ2v) is 5.45. The number of aromatic amines is 1. The maximum absolute atomic E-state index is 11.8. The molecule has 1 fully saturated rings. The number of benzene rings is 1. The van der Waals surface area contributed by atoms with Gasteiger partial charge in [0.2, 0.25) is 0 Å². The van der Waals surface area contributed by atoms with Gasteiger partial charge in [0.05, 0.1) is 0 Å². The molecule has 0 saturated carbocycles. The summed E-state index contributed by atoms with van der Waals surface area (Å²) in [5.74, 6) is 0. The standard InChI is InChI=1S/C13H13N3O3S/c17-11-12(20-9-5-2-1-3-6-9)15-16(13(18)14-11)10-7-4-8-19-10/h1-3,5-6,10H,4,7-8H2,(H,14,17,18)/t10-/m1/s1. The maximum Gasteiger partial charge on any atom is 0.347 e. The summed E-state index contributed by atoms with van der Waals surface area (Å²) in [6.45, 7) is 0.610. The van der Waals surface area contributed by atoms with Gasteiger partial charge in [-0.3, -0.25) is 9.78 Å². The number of hydrogen-bond acceptors (Lipinski definition) is 5. The molecule has 2 heterocycles. The zero-order valence-corrected chi connectivity index (χ0v) is 11.4. The van der Waals surface area contributed by atoms with E-state index in [0.717, 1.165) is 17.7 Å². The lowest BCUT2D eigenvalue weighted by atomic mass is 10.3. The average Bonchev–Trinajstić information content (AvgIpc) is 2.97. The minimum absolute atomic E-state index is 0.242. The Kier molecular flexibility index (Phi) is 3.70. The molecule has 20 heavy (non-hydrogen) atoms. The number of hydrogen-bond donors (Lipinski definition) is 1. The smallest absolute Gasteiger partial charge is 0.347 e. The molecular formula is C13H13N3O3S. The third kappa shape index (κ3) is 2.68. The minimum Gasteiger partial charge on any atom is -0.356 e. The Morgan fingerprint density at radius 1 is 1.30 bits per heavy atom. The molecule has 1 aliphatic rings. The molecule has 0 aliphatic carbocycles. The van der Waals surface area contributed by atoms with Crippen molar-refractivity contribution in [2.75, 3.05) is 6.61 Å². The second-order valence-electron chi connectivity index (χ2n) is 4.39. The molecule has 3 rings (SSSR count). The molecule has 0 unspecified atom stereocenters. The lowest BCUT2D eigenvalue weighted by Crippen LogP contribution is -2.35. The topological polar surface area (TPSA) is 77.0 Å². The summed E-state index contributed by atoms with van der Waals surface area (Å²) < 4.78 is 6.66. The van der Waals surface area contributed by atoms with Crippen molar-refractivity contribution in [2.45, 2.75) is 29.0 Å². The van der Waals surface area contributed by atoms with Gasteiger partial charge in [-0.2, -0.15) is 9.78 Å². The van der Waals surface area contributed by atoms with Crippen molar-refractivity contribution in [1.29, 1.82) is 0 Å². The first kappa shape index (κ1) is 13.1. The van der Waals surface area contributed by atoms with Crippen molar-refractivity contribution in [3.8, 4) is 0 Å². The molecule has 1 aromatic heterocycles. The number of nitrogens with one attached hydrogen (secondary N) is 1. The van der Waals surface area contributed by atoms with Crippen LogP contribution in [0.2, 0.25) is 0 Å². The summed E-state index contributed by atoms with van der Waals surface area (Å²) in [5, 5.41) is 4.39. The van der Waals surface area contributed by atoms with E-state index in [4.69, 9.17) is 4.74 Å². The van der Waals surface area contributed by atoms with Gasteiger partial charge >= 0.3 is 5.69 Å². The Labute approximate surface area is 118 Å². The van der Waals surface area contributed by atoms with Crippen molar-refractivity contribution in [3.63, 3.8) is 0 Å². The molecule has 0 amide bonds. The molecule has 1 N–H and O–H groups in total. The lowest BCUT2D eigenvalue weighted by molar-refractivity contribution is 0.0395. The highest BCUT2D eigenvalue weighted by molar-refractivity contribution is 7.99. The number of nitrogens with zero attached hydrogens (tertiary/aromatic N) is 2. The van der Waals surface area contributed by atoms with Crippen molar-refractivity contribution < 1.29 is 4.74 Å². The average molecular weight is 291 g/mol. The van der Waals surface area contributed by atoms with Crippen LogP contribution in [0.4, 0.5) is 0 Å². The fourth-order valence-corrected chi connectivity index (χ4v) is 2.80. The van der Waals surface area contributed by atoms with E-state index >= 15 is 0 Å². The molecular weight excluding hydrogens is 278 g/mol. The van der Waals surface area contributed by atoms with Gasteiger partial charge in [-0.25, -0.2) is 4.79 Å². The van der Waals surface area contributed by atoms with Crippen LogP contribution >= 0.6 is 11.8 Å².